The van der Waals surface area contributed by atoms with Gasteiger partial charge in [-0.15, -0.1) is 0 Å². The van der Waals surface area contributed by atoms with Gasteiger partial charge in [-0.3, -0.25) is 0 Å². The lowest BCUT2D eigenvalue weighted by atomic mass is 9.95. The lowest BCUT2D eigenvalue weighted by Gasteiger charge is -2.09. The van der Waals surface area contributed by atoms with Gasteiger partial charge in [0.2, 0.25) is 0 Å². The van der Waals surface area contributed by atoms with Crippen LogP contribution in [0.4, 0.5) is 0 Å². The standard InChI is InChI=1S/C30H20N2S/c1-3-7-21(8-4-1)23-11-15-25(16-12-23)27-19-20-28(30-29(27)31-33-32-30)26-17-13-24(14-18-26)22-9-5-2-6-10-22/h1-20H. The number of nitrogens with zero attached hydrogens (tertiary/aromatic N) is 2. The maximum atomic E-state index is 4.66. The fraction of sp³-hybridized carbons (Fsp3) is 0. The van der Waals surface area contributed by atoms with Crippen LogP contribution >= 0.6 is 11.7 Å². The average Bonchev–Trinajstić information content (AvgIpc) is 3.40. The Morgan fingerprint density at radius 2 is 0.667 bits per heavy atom. The molecule has 0 radical (unpaired) electrons. The van der Waals surface area contributed by atoms with Crippen molar-refractivity contribution in [3.8, 4) is 44.5 Å². The number of benzene rings is 5. The van der Waals surface area contributed by atoms with Gasteiger partial charge >= 0.3 is 0 Å². The highest BCUT2D eigenvalue weighted by molar-refractivity contribution is 7.00. The zero-order chi connectivity index (χ0) is 22.0. The molecule has 0 saturated heterocycles. The molecule has 0 unspecified atom stereocenters. The minimum absolute atomic E-state index is 0.956. The number of hydrogen-bond donors (Lipinski definition) is 0. The van der Waals surface area contributed by atoms with E-state index in [1.165, 1.54) is 34.0 Å². The zero-order valence-corrected chi connectivity index (χ0v) is 18.7. The van der Waals surface area contributed by atoms with Crippen molar-refractivity contribution >= 4 is 22.8 Å². The minimum atomic E-state index is 0.956. The van der Waals surface area contributed by atoms with Crippen molar-refractivity contribution in [2.45, 2.75) is 0 Å². The molecule has 0 bridgehead atoms. The monoisotopic (exact) mass is 440 g/mol. The van der Waals surface area contributed by atoms with E-state index in [-0.39, 0.29) is 0 Å². The molecule has 0 amide bonds. The third-order valence-electron chi connectivity index (χ3n) is 6.02. The number of aromatic nitrogens is 2. The fourth-order valence-electron chi connectivity index (χ4n) is 4.28. The van der Waals surface area contributed by atoms with E-state index >= 15 is 0 Å². The van der Waals surface area contributed by atoms with Gasteiger partial charge in [0.1, 0.15) is 11.0 Å². The Morgan fingerprint density at radius 3 is 1.06 bits per heavy atom. The Bertz CT molecular complexity index is 1400. The maximum Gasteiger partial charge on any atom is 0.113 e. The summed E-state index contributed by atoms with van der Waals surface area (Å²) in [6.07, 6.45) is 0. The molecule has 1 heterocycles. The largest absolute Gasteiger partial charge is 0.172 e. The van der Waals surface area contributed by atoms with E-state index in [0.717, 1.165) is 33.3 Å². The van der Waals surface area contributed by atoms with Gasteiger partial charge in [0, 0.05) is 11.1 Å². The highest BCUT2D eigenvalue weighted by Gasteiger charge is 2.13. The fourth-order valence-corrected chi connectivity index (χ4v) is 4.85. The van der Waals surface area contributed by atoms with Gasteiger partial charge in [0.05, 0.1) is 11.7 Å². The van der Waals surface area contributed by atoms with Crippen LogP contribution in [0.25, 0.3) is 55.5 Å². The van der Waals surface area contributed by atoms with Crippen molar-refractivity contribution < 1.29 is 0 Å². The topological polar surface area (TPSA) is 25.8 Å². The van der Waals surface area contributed by atoms with Gasteiger partial charge in [0.15, 0.2) is 0 Å². The van der Waals surface area contributed by atoms with E-state index in [1.807, 2.05) is 12.1 Å². The molecule has 0 spiro atoms. The summed E-state index contributed by atoms with van der Waals surface area (Å²) in [4.78, 5) is 0. The summed E-state index contributed by atoms with van der Waals surface area (Å²) in [7, 11) is 0. The smallest absolute Gasteiger partial charge is 0.113 e. The highest BCUT2D eigenvalue weighted by Crippen LogP contribution is 2.36. The summed E-state index contributed by atoms with van der Waals surface area (Å²) in [6.45, 7) is 0. The van der Waals surface area contributed by atoms with Crippen LogP contribution in [0.5, 0.6) is 0 Å². The number of fused-ring (bicyclic) bond motifs is 1. The number of rotatable bonds is 4. The van der Waals surface area contributed by atoms with Gasteiger partial charge in [-0.2, -0.15) is 8.75 Å². The van der Waals surface area contributed by atoms with Crippen molar-refractivity contribution in [2.24, 2.45) is 0 Å². The normalized spacial score (nSPS) is 11.0. The molecule has 3 heteroatoms. The molecule has 1 aromatic heterocycles. The summed E-state index contributed by atoms with van der Waals surface area (Å²) in [6, 6.07) is 42.6. The van der Waals surface area contributed by atoms with E-state index in [9.17, 15) is 0 Å². The summed E-state index contributed by atoms with van der Waals surface area (Å²) < 4.78 is 9.31. The summed E-state index contributed by atoms with van der Waals surface area (Å²) in [5.41, 5.74) is 11.3. The molecular formula is C30H20N2S. The summed E-state index contributed by atoms with van der Waals surface area (Å²) >= 11 is 1.27. The molecule has 5 aromatic carbocycles. The third kappa shape index (κ3) is 3.73. The molecule has 0 fully saturated rings. The van der Waals surface area contributed by atoms with Crippen molar-refractivity contribution in [3.05, 3.63) is 121 Å². The van der Waals surface area contributed by atoms with Crippen molar-refractivity contribution in [1.82, 2.24) is 8.75 Å². The average molecular weight is 441 g/mol. The Kier molecular flexibility index (Phi) is 5.02. The molecule has 0 aliphatic rings. The summed E-state index contributed by atoms with van der Waals surface area (Å²) in [5.74, 6) is 0. The molecule has 0 saturated carbocycles. The van der Waals surface area contributed by atoms with Crippen LogP contribution in [0.15, 0.2) is 121 Å². The van der Waals surface area contributed by atoms with Crippen molar-refractivity contribution in [1.29, 1.82) is 0 Å². The molecule has 33 heavy (non-hydrogen) atoms. The molecule has 156 valence electrons. The Balaban J connectivity index is 1.36. The van der Waals surface area contributed by atoms with Crippen LogP contribution in [0.3, 0.4) is 0 Å². The molecule has 0 atom stereocenters. The first-order valence-corrected chi connectivity index (χ1v) is 11.7. The molecular weight excluding hydrogens is 420 g/mol. The SMILES string of the molecule is c1ccc(-c2ccc(-c3ccc(-c4ccc(-c5ccccc5)cc4)c4nsnc34)cc2)cc1. The second-order valence-corrected chi connectivity index (χ2v) is 8.54. The van der Waals surface area contributed by atoms with Crippen LogP contribution in [0, 0.1) is 0 Å². The first kappa shape index (κ1) is 19.6. The van der Waals surface area contributed by atoms with Gasteiger partial charge in [-0.05, 0) is 33.4 Å². The predicted octanol–water partition coefficient (Wildman–Crippen LogP) is 8.36. The third-order valence-corrected chi connectivity index (χ3v) is 6.55. The van der Waals surface area contributed by atoms with Crippen LogP contribution in [-0.2, 0) is 0 Å². The van der Waals surface area contributed by atoms with E-state index in [2.05, 4.69) is 118 Å². The van der Waals surface area contributed by atoms with E-state index < -0.39 is 0 Å². The first-order valence-electron chi connectivity index (χ1n) is 10.9. The summed E-state index contributed by atoms with van der Waals surface area (Å²) in [5, 5.41) is 0. The predicted molar refractivity (Wildman–Crippen MR) is 139 cm³/mol. The van der Waals surface area contributed by atoms with Crippen LogP contribution in [0.1, 0.15) is 0 Å². The van der Waals surface area contributed by atoms with E-state index in [1.54, 1.807) is 0 Å². The first-order chi connectivity index (χ1) is 16.4. The Labute approximate surface area is 197 Å². The number of hydrogen-bond acceptors (Lipinski definition) is 3. The molecule has 6 rings (SSSR count). The van der Waals surface area contributed by atoms with E-state index in [0.29, 0.717) is 0 Å². The van der Waals surface area contributed by atoms with Gasteiger partial charge in [-0.1, -0.05) is 121 Å². The quantitative estimate of drug-likeness (QED) is 0.275. The van der Waals surface area contributed by atoms with E-state index in [4.69, 9.17) is 0 Å². The molecule has 0 aliphatic heterocycles. The Hall–Kier alpha value is -4.08. The molecule has 6 aromatic rings. The lowest BCUT2D eigenvalue weighted by Crippen LogP contribution is -1.86. The second kappa shape index (κ2) is 8.45. The maximum absolute atomic E-state index is 4.66. The van der Waals surface area contributed by atoms with Crippen LogP contribution < -0.4 is 0 Å². The van der Waals surface area contributed by atoms with Crippen molar-refractivity contribution in [3.63, 3.8) is 0 Å². The molecule has 0 aliphatic carbocycles. The second-order valence-electron chi connectivity index (χ2n) is 8.01. The molecule has 2 nitrogen and oxygen atoms in total. The van der Waals surface area contributed by atoms with Gasteiger partial charge < -0.3 is 0 Å². The minimum Gasteiger partial charge on any atom is -0.172 e. The highest BCUT2D eigenvalue weighted by atomic mass is 32.1. The Morgan fingerprint density at radius 1 is 0.333 bits per heavy atom. The molecule has 0 N–H and O–H groups in total. The van der Waals surface area contributed by atoms with Crippen LogP contribution in [-0.4, -0.2) is 8.75 Å². The van der Waals surface area contributed by atoms with Crippen molar-refractivity contribution in [2.75, 3.05) is 0 Å². The van der Waals surface area contributed by atoms with Gasteiger partial charge in [-0.25, -0.2) is 0 Å². The van der Waals surface area contributed by atoms with Gasteiger partial charge in [0.25, 0.3) is 0 Å². The lowest BCUT2D eigenvalue weighted by molar-refractivity contribution is 1.56. The zero-order valence-electron chi connectivity index (χ0n) is 17.8. The van der Waals surface area contributed by atoms with Crippen LogP contribution in [0.2, 0.25) is 0 Å².